The molecule has 1 aromatic carbocycles. The lowest BCUT2D eigenvalue weighted by Gasteiger charge is -2.34. The van der Waals surface area contributed by atoms with E-state index in [9.17, 15) is 4.79 Å². The molecule has 0 saturated heterocycles. The van der Waals surface area contributed by atoms with E-state index in [1.807, 2.05) is 46.2 Å². The van der Waals surface area contributed by atoms with Crippen molar-refractivity contribution in [3.05, 3.63) is 84.2 Å². The van der Waals surface area contributed by atoms with E-state index in [1.165, 1.54) is 12.1 Å². The Morgan fingerprint density at radius 3 is 2.87 bits per heavy atom. The van der Waals surface area contributed by atoms with Crippen LogP contribution in [-0.4, -0.2) is 43.5 Å². The average Bonchev–Trinajstić information content (AvgIpc) is 3.40. The van der Waals surface area contributed by atoms with Gasteiger partial charge in [-0.1, -0.05) is 6.92 Å². The molecule has 10 heteroatoms. The summed E-state index contributed by atoms with van der Waals surface area (Å²) in [6, 6.07) is 6.59. The summed E-state index contributed by atoms with van der Waals surface area (Å²) in [6.45, 7) is 2.77. The quantitative estimate of drug-likeness (QED) is 0.387. The van der Waals surface area contributed by atoms with Crippen molar-refractivity contribution in [3.63, 3.8) is 0 Å². The number of anilines is 2. The maximum Gasteiger partial charge on any atom is 0.257 e. The maximum atomic E-state index is 15.0. The molecule has 1 fully saturated rings. The van der Waals surface area contributed by atoms with Crippen LogP contribution in [0.3, 0.4) is 0 Å². The van der Waals surface area contributed by atoms with Gasteiger partial charge in [-0.2, -0.15) is 0 Å². The lowest BCUT2D eigenvalue weighted by Crippen LogP contribution is -2.38. The van der Waals surface area contributed by atoms with Crippen LogP contribution in [0.25, 0.3) is 17.0 Å². The molecule has 39 heavy (non-hydrogen) atoms. The predicted octanol–water partition coefficient (Wildman–Crippen LogP) is 4.74. The van der Waals surface area contributed by atoms with Crippen LogP contribution in [-0.2, 0) is 6.67 Å². The van der Waals surface area contributed by atoms with Gasteiger partial charge in [-0.05, 0) is 67.0 Å². The average molecular weight is 527 g/mol. The van der Waals surface area contributed by atoms with Gasteiger partial charge in [-0.3, -0.25) is 24.8 Å². The second-order valence-electron chi connectivity index (χ2n) is 10.5. The number of nitrogens with zero attached hydrogens (tertiary/aromatic N) is 6. The fourth-order valence-corrected chi connectivity index (χ4v) is 5.80. The summed E-state index contributed by atoms with van der Waals surface area (Å²) in [5, 5.41) is 7.14. The molecule has 1 aliphatic heterocycles. The molecule has 3 atom stereocenters. The fraction of sp³-hybridized carbons (Fsp3) is 0.310. The number of imidazole rings is 1. The molecule has 2 aliphatic rings. The third-order valence-corrected chi connectivity index (χ3v) is 7.75. The van der Waals surface area contributed by atoms with Crippen molar-refractivity contribution in [1.82, 2.24) is 24.5 Å². The summed E-state index contributed by atoms with van der Waals surface area (Å²) < 4.78 is 17.0. The number of nitrogens with two attached hydrogens (primary N) is 1. The van der Waals surface area contributed by atoms with Gasteiger partial charge in [-0.25, -0.2) is 9.37 Å². The van der Waals surface area contributed by atoms with Crippen molar-refractivity contribution in [2.24, 2.45) is 11.7 Å². The first kappa shape index (κ1) is 25.0. The minimum Gasteiger partial charge on any atom is -0.328 e. The highest BCUT2D eigenvalue weighted by atomic mass is 19.1. The third-order valence-electron chi connectivity index (χ3n) is 7.75. The first-order chi connectivity index (χ1) is 18.9. The first-order valence-electron chi connectivity index (χ1n) is 13.2. The molecule has 1 amide bonds. The highest BCUT2D eigenvalue weighted by Gasteiger charge is 2.28. The monoisotopic (exact) mass is 526 g/mol. The van der Waals surface area contributed by atoms with Gasteiger partial charge in [0.15, 0.2) is 0 Å². The van der Waals surface area contributed by atoms with Gasteiger partial charge < -0.3 is 15.6 Å². The SMILES string of the molecule is C[C@@H]1C[C@H](N)C[C@H](c2ccncc2NC(=O)c2ccc(F)c3cc(N(C)N4C=Cc5nccn5C4)cnc23)C1. The van der Waals surface area contributed by atoms with Gasteiger partial charge in [0.1, 0.15) is 18.3 Å². The molecule has 0 spiro atoms. The van der Waals surface area contributed by atoms with E-state index in [1.54, 1.807) is 30.9 Å². The Morgan fingerprint density at radius 1 is 1.15 bits per heavy atom. The molecule has 4 heterocycles. The topological polar surface area (TPSA) is 105 Å². The highest BCUT2D eigenvalue weighted by Crippen LogP contribution is 2.38. The standard InChI is InChI=1S/C29H31FN8O/c1-18-11-19(13-20(31)12-18)22-5-7-32-16-26(22)35-29(39)23-3-4-25(30)24-14-21(15-34-28(23)24)36(2)38-9-6-27-33-8-10-37(27)17-38/h3-10,14-16,18-20H,11-13,17,31H2,1-2H3,(H,35,39)/t18-,19+,20-/m0/s1. The second-order valence-corrected chi connectivity index (χ2v) is 10.5. The zero-order valence-electron chi connectivity index (χ0n) is 22.0. The number of aromatic nitrogens is 4. The molecule has 3 N–H and O–H groups in total. The molecule has 6 rings (SSSR count). The normalized spacial score (nSPS) is 20.6. The summed E-state index contributed by atoms with van der Waals surface area (Å²) in [5.41, 5.74) is 9.27. The fourth-order valence-electron chi connectivity index (χ4n) is 5.80. The zero-order chi connectivity index (χ0) is 27.1. The van der Waals surface area contributed by atoms with E-state index < -0.39 is 5.82 Å². The Morgan fingerprint density at radius 2 is 2.03 bits per heavy atom. The van der Waals surface area contributed by atoms with Gasteiger partial charge in [0, 0.05) is 43.3 Å². The van der Waals surface area contributed by atoms with Crippen molar-refractivity contribution in [3.8, 4) is 0 Å². The molecule has 0 radical (unpaired) electrons. The van der Waals surface area contributed by atoms with E-state index in [0.717, 1.165) is 30.7 Å². The Balaban J connectivity index is 1.27. The van der Waals surface area contributed by atoms with Crippen molar-refractivity contribution >= 4 is 34.3 Å². The third kappa shape index (κ3) is 4.83. The maximum absolute atomic E-state index is 15.0. The van der Waals surface area contributed by atoms with E-state index in [2.05, 4.69) is 27.2 Å². The van der Waals surface area contributed by atoms with Crippen LogP contribution in [0.4, 0.5) is 15.8 Å². The molecule has 9 nitrogen and oxygen atoms in total. The number of amides is 1. The molecular formula is C29H31FN8O. The minimum atomic E-state index is -0.442. The van der Waals surface area contributed by atoms with Gasteiger partial charge in [-0.15, -0.1) is 0 Å². The molecule has 0 bridgehead atoms. The minimum absolute atomic E-state index is 0.135. The van der Waals surface area contributed by atoms with Gasteiger partial charge in [0.2, 0.25) is 0 Å². The molecule has 1 aliphatic carbocycles. The number of hydrazine groups is 1. The number of rotatable bonds is 5. The van der Waals surface area contributed by atoms with Crippen molar-refractivity contribution < 1.29 is 9.18 Å². The number of benzene rings is 1. The highest BCUT2D eigenvalue weighted by molar-refractivity contribution is 6.12. The molecular weight excluding hydrogens is 495 g/mol. The lowest BCUT2D eigenvalue weighted by atomic mass is 9.76. The van der Waals surface area contributed by atoms with Crippen LogP contribution in [0.2, 0.25) is 0 Å². The molecule has 1 saturated carbocycles. The van der Waals surface area contributed by atoms with Gasteiger partial charge in [0.25, 0.3) is 5.91 Å². The van der Waals surface area contributed by atoms with E-state index >= 15 is 4.39 Å². The number of nitrogens with one attached hydrogen (secondary N) is 1. The molecule has 200 valence electrons. The zero-order valence-corrected chi connectivity index (χ0v) is 22.0. The second kappa shape index (κ2) is 10.1. The Kier molecular flexibility index (Phi) is 6.48. The van der Waals surface area contributed by atoms with Crippen molar-refractivity contribution in [2.45, 2.75) is 44.8 Å². The largest absolute Gasteiger partial charge is 0.328 e. The van der Waals surface area contributed by atoms with Crippen molar-refractivity contribution in [1.29, 1.82) is 0 Å². The lowest BCUT2D eigenvalue weighted by molar-refractivity contribution is 0.102. The van der Waals surface area contributed by atoms with Gasteiger partial charge >= 0.3 is 0 Å². The van der Waals surface area contributed by atoms with Gasteiger partial charge in [0.05, 0.1) is 34.8 Å². The first-order valence-corrected chi connectivity index (χ1v) is 13.2. The summed E-state index contributed by atoms with van der Waals surface area (Å²) in [4.78, 5) is 26.6. The number of hydrogen-bond donors (Lipinski definition) is 2. The smallest absolute Gasteiger partial charge is 0.257 e. The number of fused-ring (bicyclic) bond motifs is 2. The number of hydrogen-bond acceptors (Lipinski definition) is 7. The Labute approximate surface area is 226 Å². The Hall–Kier alpha value is -4.31. The summed E-state index contributed by atoms with van der Waals surface area (Å²) in [6.07, 6.45) is 15.4. The van der Waals surface area contributed by atoms with Crippen LogP contribution in [0.1, 0.15) is 53.8 Å². The number of carbonyl (C=O) groups is 1. The number of pyridine rings is 2. The summed E-state index contributed by atoms with van der Waals surface area (Å²) in [5.74, 6) is 0.821. The predicted molar refractivity (Wildman–Crippen MR) is 149 cm³/mol. The van der Waals surface area contributed by atoms with Crippen LogP contribution in [0.5, 0.6) is 0 Å². The van der Waals surface area contributed by atoms with Crippen LogP contribution in [0, 0.1) is 11.7 Å². The number of carbonyl (C=O) groups excluding carboxylic acids is 1. The van der Waals surface area contributed by atoms with Crippen LogP contribution in [0.15, 0.2) is 61.4 Å². The van der Waals surface area contributed by atoms with Crippen molar-refractivity contribution in [2.75, 3.05) is 17.4 Å². The van der Waals surface area contributed by atoms with E-state index in [-0.39, 0.29) is 23.3 Å². The van der Waals surface area contributed by atoms with E-state index in [4.69, 9.17) is 5.73 Å². The molecule has 4 aromatic rings. The van der Waals surface area contributed by atoms with Crippen LogP contribution >= 0.6 is 0 Å². The molecule has 3 aromatic heterocycles. The Bertz CT molecular complexity index is 1560. The number of halogens is 1. The summed E-state index contributed by atoms with van der Waals surface area (Å²) in [7, 11) is 1.88. The van der Waals surface area contributed by atoms with E-state index in [0.29, 0.717) is 35.0 Å². The summed E-state index contributed by atoms with van der Waals surface area (Å²) >= 11 is 0. The van der Waals surface area contributed by atoms with Crippen LogP contribution < -0.4 is 16.1 Å². The molecule has 0 unspecified atom stereocenters.